The Hall–Kier alpha value is -0.410. The monoisotopic (exact) mass is 215 g/mol. The van der Waals surface area contributed by atoms with Crippen LogP contribution in [0.5, 0.6) is 0 Å². The van der Waals surface area contributed by atoms with E-state index in [9.17, 15) is 4.79 Å². The van der Waals surface area contributed by atoms with E-state index in [4.69, 9.17) is 4.74 Å². The van der Waals surface area contributed by atoms with E-state index in [1.807, 2.05) is 20.8 Å². The maximum absolute atomic E-state index is 11.5. The van der Waals surface area contributed by atoms with E-state index in [-0.39, 0.29) is 16.7 Å². The minimum absolute atomic E-state index is 0.0635. The first-order valence-electron chi connectivity index (χ1n) is 5.49. The molecule has 0 aromatic heterocycles. The molecule has 0 aromatic rings. The third-order valence-electron chi connectivity index (χ3n) is 2.01. The van der Waals surface area contributed by atoms with Crippen molar-refractivity contribution in [3.05, 3.63) is 0 Å². The molecule has 0 heterocycles. The van der Waals surface area contributed by atoms with Crippen LogP contribution in [0.2, 0.25) is 0 Å². The molecule has 0 spiro atoms. The van der Waals surface area contributed by atoms with Crippen LogP contribution in [0.1, 0.15) is 48.0 Å². The largest absolute Gasteiger partial charge is 0.366 e. The molecule has 3 nitrogen and oxygen atoms in total. The van der Waals surface area contributed by atoms with Gasteiger partial charge in [-0.1, -0.05) is 20.8 Å². The highest BCUT2D eigenvalue weighted by molar-refractivity contribution is 5.83. The number of rotatable bonds is 5. The van der Waals surface area contributed by atoms with Gasteiger partial charge in [0, 0.05) is 17.4 Å². The fourth-order valence-corrected chi connectivity index (χ4v) is 0.880. The summed E-state index contributed by atoms with van der Waals surface area (Å²) in [5, 5.41) is 3.20. The van der Waals surface area contributed by atoms with Crippen LogP contribution in [0, 0.1) is 5.41 Å². The van der Waals surface area contributed by atoms with Gasteiger partial charge in [0.2, 0.25) is 0 Å². The fourth-order valence-electron chi connectivity index (χ4n) is 0.880. The van der Waals surface area contributed by atoms with E-state index >= 15 is 0 Å². The van der Waals surface area contributed by atoms with E-state index in [2.05, 4.69) is 26.1 Å². The minimum atomic E-state index is -0.249. The molecule has 15 heavy (non-hydrogen) atoms. The van der Waals surface area contributed by atoms with Gasteiger partial charge in [-0.2, -0.15) is 0 Å². The normalized spacial score (nSPS) is 12.9. The Balaban J connectivity index is 3.53. The van der Waals surface area contributed by atoms with Crippen molar-refractivity contribution in [2.45, 2.75) is 53.5 Å². The van der Waals surface area contributed by atoms with Gasteiger partial charge in [-0.15, -0.1) is 0 Å². The van der Waals surface area contributed by atoms with E-state index in [0.717, 1.165) is 0 Å². The number of ether oxygens (including phenoxy) is 1. The van der Waals surface area contributed by atoms with Crippen molar-refractivity contribution >= 4 is 5.78 Å². The Morgan fingerprint density at radius 2 is 1.67 bits per heavy atom. The minimum Gasteiger partial charge on any atom is -0.366 e. The summed E-state index contributed by atoms with van der Waals surface area (Å²) in [5.74, 6) is 0.248. The van der Waals surface area contributed by atoms with E-state index < -0.39 is 0 Å². The lowest BCUT2D eigenvalue weighted by Gasteiger charge is -2.21. The Kier molecular flexibility index (Phi) is 5.46. The maximum atomic E-state index is 11.5. The lowest BCUT2D eigenvalue weighted by Crippen LogP contribution is -2.37. The molecule has 0 radical (unpaired) electrons. The molecule has 0 atom stereocenters. The van der Waals surface area contributed by atoms with Gasteiger partial charge in [-0.05, 0) is 20.8 Å². The molecule has 0 unspecified atom stereocenters. The van der Waals surface area contributed by atoms with Crippen LogP contribution in [0.3, 0.4) is 0 Å². The van der Waals surface area contributed by atoms with Crippen molar-refractivity contribution in [2.75, 3.05) is 13.3 Å². The Bertz CT molecular complexity index is 199. The molecule has 0 aliphatic rings. The molecule has 0 saturated heterocycles. The first-order chi connectivity index (χ1) is 6.63. The number of carbonyl (C=O) groups is 1. The zero-order valence-electron chi connectivity index (χ0n) is 10.9. The molecular formula is C12H25NO2. The SMILES string of the molecule is CC(C)(C)NCOCCC(=O)C(C)(C)C. The van der Waals surface area contributed by atoms with E-state index in [1.54, 1.807) is 0 Å². The van der Waals surface area contributed by atoms with Crippen molar-refractivity contribution in [2.24, 2.45) is 5.41 Å². The van der Waals surface area contributed by atoms with Crippen LogP contribution in [-0.2, 0) is 9.53 Å². The third kappa shape index (κ3) is 8.58. The molecular weight excluding hydrogens is 190 g/mol. The highest BCUT2D eigenvalue weighted by Crippen LogP contribution is 2.16. The predicted molar refractivity (Wildman–Crippen MR) is 62.8 cm³/mol. The van der Waals surface area contributed by atoms with Crippen LogP contribution in [-0.4, -0.2) is 24.7 Å². The number of hydrogen-bond donors (Lipinski definition) is 1. The second-order valence-electron chi connectivity index (χ2n) is 5.90. The third-order valence-corrected chi connectivity index (χ3v) is 2.01. The summed E-state index contributed by atoms with van der Waals surface area (Å²) >= 11 is 0. The summed E-state index contributed by atoms with van der Waals surface area (Å²) in [6.45, 7) is 13.0. The molecule has 0 aliphatic carbocycles. The Morgan fingerprint density at radius 1 is 1.13 bits per heavy atom. The summed E-state index contributed by atoms with van der Waals surface area (Å²) in [6, 6.07) is 0. The molecule has 0 saturated carbocycles. The quantitative estimate of drug-likeness (QED) is 0.565. The van der Waals surface area contributed by atoms with Gasteiger partial charge in [0.1, 0.15) is 5.78 Å². The van der Waals surface area contributed by atoms with Crippen LogP contribution in [0.4, 0.5) is 0 Å². The summed E-state index contributed by atoms with van der Waals surface area (Å²) in [7, 11) is 0. The number of nitrogens with one attached hydrogen (secondary N) is 1. The van der Waals surface area contributed by atoms with Gasteiger partial charge in [0.25, 0.3) is 0 Å². The molecule has 90 valence electrons. The highest BCUT2D eigenvalue weighted by atomic mass is 16.5. The van der Waals surface area contributed by atoms with Crippen LogP contribution in [0.15, 0.2) is 0 Å². The molecule has 1 N–H and O–H groups in total. The average Bonchev–Trinajstić information content (AvgIpc) is 1.99. The van der Waals surface area contributed by atoms with Crippen molar-refractivity contribution < 1.29 is 9.53 Å². The van der Waals surface area contributed by atoms with Gasteiger partial charge < -0.3 is 4.74 Å². The summed E-state index contributed by atoms with van der Waals surface area (Å²) < 4.78 is 5.34. The van der Waals surface area contributed by atoms with Crippen molar-refractivity contribution in [1.29, 1.82) is 0 Å². The molecule has 0 fully saturated rings. The van der Waals surface area contributed by atoms with E-state index in [1.165, 1.54) is 0 Å². The Labute approximate surface area is 93.6 Å². The number of Topliss-reactive ketones (excluding diaryl/α,β-unsaturated/α-hetero) is 1. The zero-order valence-corrected chi connectivity index (χ0v) is 10.9. The van der Waals surface area contributed by atoms with Crippen molar-refractivity contribution in [3.63, 3.8) is 0 Å². The average molecular weight is 215 g/mol. The molecule has 0 amide bonds. The maximum Gasteiger partial charge on any atom is 0.140 e. The molecule has 0 rings (SSSR count). The van der Waals surface area contributed by atoms with Gasteiger partial charge in [0.15, 0.2) is 0 Å². The number of ketones is 1. The van der Waals surface area contributed by atoms with Gasteiger partial charge in [0.05, 0.1) is 13.3 Å². The lowest BCUT2D eigenvalue weighted by atomic mass is 9.89. The first kappa shape index (κ1) is 14.6. The summed E-state index contributed by atoms with van der Waals surface area (Å²) in [5.41, 5.74) is -0.186. The zero-order chi connectivity index (χ0) is 12.1. The van der Waals surface area contributed by atoms with Crippen LogP contribution < -0.4 is 5.32 Å². The van der Waals surface area contributed by atoms with Gasteiger partial charge in [-0.25, -0.2) is 0 Å². The number of carbonyl (C=O) groups excluding carboxylic acids is 1. The van der Waals surface area contributed by atoms with Crippen LogP contribution >= 0.6 is 0 Å². The van der Waals surface area contributed by atoms with Crippen molar-refractivity contribution in [3.8, 4) is 0 Å². The summed E-state index contributed by atoms with van der Waals surface area (Å²) in [4.78, 5) is 11.5. The smallest absolute Gasteiger partial charge is 0.140 e. The topological polar surface area (TPSA) is 38.3 Å². The molecule has 3 heteroatoms. The van der Waals surface area contributed by atoms with Crippen molar-refractivity contribution in [1.82, 2.24) is 5.32 Å². The lowest BCUT2D eigenvalue weighted by molar-refractivity contribution is -0.127. The predicted octanol–water partition coefficient (Wildman–Crippen LogP) is 2.35. The second-order valence-corrected chi connectivity index (χ2v) is 5.90. The summed E-state index contributed by atoms with van der Waals surface area (Å²) in [6.07, 6.45) is 0.495. The van der Waals surface area contributed by atoms with Gasteiger partial charge >= 0.3 is 0 Å². The Morgan fingerprint density at radius 3 is 2.07 bits per heavy atom. The number of hydrogen-bond acceptors (Lipinski definition) is 3. The highest BCUT2D eigenvalue weighted by Gasteiger charge is 2.20. The van der Waals surface area contributed by atoms with Gasteiger partial charge in [-0.3, -0.25) is 10.1 Å². The standard InChI is InChI=1S/C12H25NO2/c1-11(2,3)10(14)7-8-15-9-13-12(4,5)6/h13H,7-9H2,1-6H3. The van der Waals surface area contributed by atoms with Crippen LogP contribution in [0.25, 0.3) is 0 Å². The fraction of sp³-hybridized carbons (Fsp3) is 0.917. The molecule has 0 bridgehead atoms. The molecule has 0 aromatic carbocycles. The molecule has 0 aliphatic heterocycles. The first-order valence-corrected chi connectivity index (χ1v) is 5.49. The second kappa shape index (κ2) is 5.61. The van der Waals surface area contributed by atoms with E-state index in [0.29, 0.717) is 19.8 Å².